The number of thiazole rings is 1. The van der Waals surface area contributed by atoms with Crippen LogP contribution < -0.4 is 11.1 Å². The van der Waals surface area contributed by atoms with E-state index in [0.29, 0.717) is 16.0 Å². The first kappa shape index (κ1) is 15.6. The van der Waals surface area contributed by atoms with E-state index in [-0.39, 0.29) is 17.2 Å². The largest absolute Gasteiger partial charge is 0.309 e. The van der Waals surface area contributed by atoms with E-state index in [9.17, 15) is 9.59 Å². The van der Waals surface area contributed by atoms with Gasteiger partial charge in [0.05, 0.1) is 21.1 Å². The summed E-state index contributed by atoms with van der Waals surface area (Å²) < 4.78 is 4.30. The highest BCUT2D eigenvalue weighted by molar-refractivity contribution is 7.20. The van der Waals surface area contributed by atoms with E-state index < -0.39 is 0 Å². The van der Waals surface area contributed by atoms with Gasteiger partial charge in [-0.25, -0.2) is 4.98 Å². The fourth-order valence-corrected chi connectivity index (χ4v) is 5.02. The molecule has 0 atom stereocenters. The summed E-state index contributed by atoms with van der Waals surface area (Å²) in [7, 11) is 0. The van der Waals surface area contributed by atoms with Crippen LogP contribution in [0.2, 0.25) is 0 Å². The Morgan fingerprint density at radius 1 is 1.19 bits per heavy atom. The summed E-state index contributed by atoms with van der Waals surface area (Å²) >= 11 is 1.46. The van der Waals surface area contributed by atoms with Crippen molar-refractivity contribution in [1.29, 1.82) is 0 Å². The van der Waals surface area contributed by atoms with Crippen molar-refractivity contribution >= 4 is 32.5 Å². The fraction of sp³-hybridized carbons (Fsp3) is 0.316. The van der Waals surface area contributed by atoms with Gasteiger partial charge in [0.1, 0.15) is 0 Å². The molecule has 5 rings (SSSR count). The molecule has 7 heteroatoms. The molecule has 0 radical (unpaired) electrons. The Labute approximate surface area is 152 Å². The van der Waals surface area contributed by atoms with E-state index in [1.54, 1.807) is 6.07 Å². The van der Waals surface area contributed by atoms with E-state index in [1.807, 2.05) is 35.8 Å². The van der Waals surface area contributed by atoms with Crippen LogP contribution in [0.1, 0.15) is 37.4 Å². The third-order valence-corrected chi connectivity index (χ3v) is 6.33. The maximum atomic E-state index is 13.1. The second kappa shape index (κ2) is 5.67. The number of para-hydroxylation sites is 1. The van der Waals surface area contributed by atoms with Crippen molar-refractivity contribution in [3.63, 3.8) is 0 Å². The number of aromatic nitrogens is 4. The van der Waals surface area contributed by atoms with Crippen LogP contribution in [-0.4, -0.2) is 19.3 Å². The molecule has 0 unspecified atom stereocenters. The lowest BCUT2D eigenvalue weighted by Crippen LogP contribution is -2.26. The van der Waals surface area contributed by atoms with Gasteiger partial charge in [-0.3, -0.25) is 14.7 Å². The predicted molar refractivity (Wildman–Crippen MR) is 104 cm³/mol. The normalized spacial score (nSPS) is 15.4. The van der Waals surface area contributed by atoms with Crippen LogP contribution >= 0.6 is 11.3 Å². The summed E-state index contributed by atoms with van der Waals surface area (Å²) in [5.74, 6) is 0. The molecule has 0 aliphatic heterocycles. The monoisotopic (exact) mass is 366 g/mol. The fourth-order valence-electron chi connectivity index (χ4n) is 4.09. The minimum absolute atomic E-state index is 0.0420. The zero-order valence-electron chi connectivity index (χ0n) is 14.4. The number of rotatable bonds is 2. The summed E-state index contributed by atoms with van der Waals surface area (Å²) in [6, 6.07) is 9.55. The molecule has 3 aromatic heterocycles. The van der Waals surface area contributed by atoms with Gasteiger partial charge in [-0.2, -0.15) is 4.68 Å². The average molecular weight is 366 g/mol. The smallest absolute Gasteiger partial charge is 0.282 e. The molecule has 3 heterocycles. The minimum atomic E-state index is -0.150. The Bertz CT molecular complexity index is 1220. The number of pyridine rings is 1. The molecule has 1 aliphatic carbocycles. The zero-order chi connectivity index (χ0) is 17.8. The number of nitrogens with one attached hydrogen (secondary N) is 1. The van der Waals surface area contributed by atoms with Crippen LogP contribution in [0.15, 0.2) is 39.9 Å². The lowest BCUT2D eigenvalue weighted by molar-refractivity contribution is 0.494. The lowest BCUT2D eigenvalue weighted by Gasteiger charge is -2.16. The number of H-pyrrole nitrogens is 1. The van der Waals surface area contributed by atoms with Gasteiger partial charge in [0.15, 0.2) is 0 Å². The summed E-state index contributed by atoms with van der Waals surface area (Å²) in [6.07, 6.45) is 4.28. The van der Waals surface area contributed by atoms with Crippen molar-refractivity contribution in [1.82, 2.24) is 19.3 Å². The van der Waals surface area contributed by atoms with Gasteiger partial charge in [-0.15, -0.1) is 0 Å². The molecule has 0 spiro atoms. The molecule has 1 aromatic carbocycles. The van der Waals surface area contributed by atoms with Crippen molar-refractivity contribution in [2.45, 2.75) is 38.6 Å². The van der Waals surface area contributed by atoms with Gasteiger partial charge in [-0.1, -0.05) is 36.3 Å². The van der Waals surface area contributed by atoms with E-state index in [2.05, 4.69) is 10.1 Å². The van der Waals surface area contributed by atoms with Crippen molar-refractivity contribution in [3.8, 4) is 5.13 Å². The SMILES string of the molecule is Cc1c2c(=O)n(-c3nc4ccccc4s3)[nH]c2cc(=O)n1C1CCCC1. The highest BCUT2D eigenvalue weighted by Crippen LogP contribution is 2.30. The van der Waals surface area contributed by atoms with Crippen molar-refractivity contribution < 1.29 is 0 Å². The van der Waals surface area contributed by atoms with Gasteiger partial charge in [0.25, 0.3) is 11.1 Å². The number of aromatic amines is 1. The third-order valence-electron chi connectivity index (χ3n) is 5.31. The Morgan fingerprint density at radius 3 is 2.73 bits per heavy atom. The maximum Gasteiger partial charge on any atom is 0.282 e. The molecule has 1 aliphatic rings. The van der Waals surface area contributed by atoms with Gasteiger partial charge in [0, 0.05) is 17.8 Å². The van der Waals surface area contributed by atoms with E-state index >= 15 is 0 Å². The third kappa shape index (κ3) is 2.20. The highest BCUT2D eigenvalue weighted by Gasteiger charge is 2.23. The summed E-state index contributed by atoms with van der Waals surface area (Å²) in [4.78, 5) is 30.3. The van der Waals surface area contributed by atoms with Crippen LogP contribution in [0.4, 0.5) is 0 Å². The molecule has 1 saturated carbocycles. The second-order valence-corrected chi connectivity index (χ2v) is 7.89. The van der Waals surface area contributed by atoms with Gasteiger partial charge < -0.3 is 4.57 Å². The summed E-state index contributed by atoms with van der Waals surface area (Å²) in [5, 5.41) is 4.25. The summed E-state index contributed by atoms with van der Waals surface area (Å²) in [5.41, 5.74) is 2.00. The molecule has 0 saturated heterocycles. The molecule has 26 heavy (non-hydrogen) atoms. The van der Waals surface area contributed by atoms with Crippen LogP contribution in [0.3, 0.4) is 0 Å². The van der Waals surface area contributed by atoms with Crippen molar-refractivity contribution in [3.05, 3.63) is 56.7 Å². The quantitative estimate of drug-likeness (QED) is 0.590. The second-order valence-electron chi connectivity index (χ2n) is 6.88. The number of benzene rings is 1. The number of nitrogens with zero attached hydrogens (tertiary/aromatic N) is 3. The maximum absolute atomic E-state index is 13.1. The molecule has 1 N–H and O–H groups in total. The van der Waals surface area contributed by atoms with Crippen molar-refractivity contribution in [2.24, 2.45) is 0 Å². The predicted octanol–water partition coefficient (Wildman–Crippen LogP) is 3.51. The Morgan fingerprint density at radius 2 is 1.96 bits per heavy atom. The topological polar surface area (TPSA) is 72.7 Å². The molecule has 4 aromatic rings. The average Bonchev–Trinajstić information content (AvgIpc) is 3.33. The van der Waals surface area contributed by atoms with Gasteiger partial charge in [-0.05, 0) is 31.9 Å². The van der Waals surface area contributed by atoms with Crippen LogP contribution in [0.25, 0.3) is 26.3 Å². The lowest BCUT2D eigenvalue weighted by atomic mass is 10.2. The van der Waals surface area contributed by atoms with Gasteiger partial charge in [0.2, 0.25) is 5.13 Å². The molecule has 6 nitrogen and oxygen atoms in total. The van der Waals surface area contributed by atoms with Gasteiger partial charge >= 0.3 is 0 Å². The molecule has 1 fully saturated rings. The minimum Gasteiger partial charge on any atom is -0.309 e. The number of aryl methyl sites for hydroxylation is 1. The first-order valence-corrected chi connectivity index (χ1v) is 9.68. The number of hydrogen-bond acceptors (Lipinski definition) is 4. The van der Waals surface area contributed by atoms with E-state index in [4.69, 9.17) is 0 Å². The van der Waals surface area contributed by atoms with E-state index in [0.717, 1.165) is 41.6 Å². The van der Waals surface area contributed by atoms with Crippen molar-refractivity contribution in [2.75, 3.05) is 0 Å². The first-order valence-electron chi connectivity index (χ1n) is 8.86. The highest BCUT2D eigenvalue weighted by atomic mass is 32.1. The molecule has 0 amide bonds. The standard InChI is InChI=1S/C19H18N4O2S/c1-11-17-14(10-16(24)22(11)12-6-2-3-7-12)21-23(18(17)25)19-20-13-8-4-5-9-15(13)26-19/h4-5,8-10,12,21H,2-3,6-7H2,1H3. The molecular weight excluding hydrogens is 348 g/mol. The Hall–Kier alpha value is -2.67. The Balaban J connectivity index is 1.75. The molecule has 0 bridgehead atoms. The zero-order valence-corrected chi connectivity index (χ0v) is 15.2. The first-order chi connectivity index (χ1) is 12.6. The van der Waals surface area contributed by atoms with E-state index in [1.165, 1.54) is 16.0 Å². The summed E-state index contributed by atoms with van der Waals surface area (Å²) in [6.45, 7) is 1.87. The van der Waals surface area contributed by atoms with Crippen LogP contribution in [0.5, 0.6) is 0 Å². The molecular formula is C19H18N4O2S. The van der Waals surface area contributed by atoms with Crippen LogP contribution in [0, 0.1) is 6.92 Å². The van der Waals surface area contributed by atoms with Crippen LogP contribution in [-0.2, 0) is 0 Å². The molecule has 132 valence electrons. The number of fused-ring (bicyclic) bond motifs is 2. The number of hydrogen-bond donors (Lipinski definition) is 1. The Kier molecular flexibility index (Phi) is 3.40.